The van der Waals surface area contributed by atoms with Crippen LogP contribution in [0.1, 0.15) is 34.6 Å². The summed E-state index contributed by atoms with van der Waals surface area (Å²) in [6, 6.07) is 3.81. The van der Waals surface area contributed by atoms with E-state index in [0.29, 0.717) is 5.92 Å². The maximum absolute atomic E-state index is 12.6. The van der Waals surface area contributed by atoms with Gasteiger partial charge in [-0.1, -0.05) is 0 Å². The van der Waals surface area contributed by atoms with Crippen LogP contribution in [0.2, 0.25) is 0 Å². The molecule has 0 spiro atoms. The third-order valence-electron chi connectivity index (χ3n) is 4.40. The predicted molar refractivity (Wildman–Crippen MR) is 81.1 cm³/mol. The highest BCUT2D eigenvalue weighted by Gasteiger charge is 2.26. The van der Waals surface area contributed by atoms with Crippen LogP contribution in [0.4, 0.5) is 0 Å². The van der Waals surface area contributed by atoms with Gasteiger partial charge in [0.1, 0.15) is 5.69 Å². The maximum Gasteiger partial charge on any atom is 0.270 e. The third kappa shape index (κ3) is 2.86. The summed E-state index contributed by atoms with van der Waals surface area (Å²) in [7, 11) is 1.92. The van der Waals surface area contributed by atoms with Crippen molar-refractivity contribution in [2.24, 2.45) is 13.0 Å². The van der Waals surface area contributed by atoms with Gasteiger partial charge in [0, 0.05) is 32.0 Å². The number of aromatic amines is 1. The highest BCUT2D eigenvalue weighted by molar-refractivity contribution is 5.92. The molecule has 2 aromatic rings. The van der Waals surface area contributed by atoms with Crippen molar-refractivity contribution in [3.63, 3.8) is 0 Å². The molecule has 3 rings (SSSR count). The fraction of sp³-hybridized carbons (Fsp3) is 0.500. The molecule has 5 heteroatoms. The lowest BCUT2D eigenvalue weighted by molar-refractivity contribution is 0.0663. The van der Waals surface area contributed by atoms with Crippen molar-refractivity contribution in [2.45, 2.75) is 26.2 Å². The van der Waals surface area contributed by atoms with Crippen LogP contribution in [-0.4, -0.2) is 38.7 Å². The monoisotopic (exact) mass is 286 g/mol. The number of aryl methyl sites for hydroxylation is 2. The highest BCUT2D eigenvalue weighted by atomic mass is 16.2. The number of carbonyl (C=O) groups excluding carboxylic acids is 1. The normalized spacial score (nSPS) is 19.0. The van der Waals surface area contributed by atoms with Crippen LogP contribution >= 0.6 is 0 Å². The predicted octanol–water partition coefficient (Wildman–Crippen LogP) is 2.15. The van der Waals surface area contributed by atoms with Gasteiger partial charge in [0.05, 0.1) is 6.20 Å². The Bertz CT molecular complexity index is 628. The van der Waals surface area contributed by atoms with Gasteiger partial charge in [-0.3, -0.25) is 9.89 Å². The van der Waals surface area contributed by atoms with E-state index in [9.17, 15) is 4.79 Å². The van der Waals surface area contributed by atoms with Crippen LogP contribution in [0.5, 0.6) is 0 Å². The summed E-state index contributed by atoms with van der Waals surface area (Å²) in [4.78, 5) is 14.6. The van der Waals surface area contributed by atoms with E-state index in [1.165, 1.54) is 17.7 Å². The number of likely N-dealkylation sites (tertiary alicyclic amines) is 1. The van der Waals surface area contributed by atoms with Crippen molar-refractivity contribution in [3.05, 3.63) is 41.5 Å². The number of nitrogens with one attached hydrogen (secondary N) is 1. The van der Waals surface area contributed by atoms with Gasteiger partial charge in [0.15, 0.2) is 0 Å². The van der Waals surface area contributed by atoms with Gasteiger partial charge in [-0.25, -0.2) is 0 Å². The number of hydrogen-bond donors (Lipinski definition) is 1. The molecular formula is C16H22N4O. The standard InChI is InChI=1S/C16H22N4O/c1-12-10-17-18-14(12)9-13-5-3-8-20(11-13)16(21)15-6-4-7-19(15)2/h4,6-7,10,13H,3,5,8-9,11H2,1-2H3,(H,17,18). The fourth-order valence-electron chi connectivity index (χ4n) is 3.13. The molecule has 21 heavy (non-hydrogen) atoms. The molecule has 0 aromatic carbocycles. The Kier molecular flexibility index (Phi) is 3.82. The molecule has 1 aliphatic heterocycles. The van der Waals surface area contributed by atoms with Gasteiger partial charge < -0.3 is 9.47 Å². The van der Waals surface area contributed by atoms with E-state index in [-0.39, 0.29) is 5.91 Å². The molecule has 1 atom stereocenters. The van der Waals surface area contributed by atoms with Crippen molar-refractivity contribution >= 4 is 5.91 Å². The number of carbonyl (C=O) groups is 1. The van der Waals surface area contributed by atoms with Crippen LogP contribution in [-0.2, 0) is 13.5 Å². The molecule has 2 aromatic heterocycles. The van der Waals surface area contributed by atoms with E-state index in [1.807, 2.05) is 41.0 Å². The van der Waals surface area contributed by atoms with Gasteiger partial charge >= 0.3 is 0 Å². The summed E-state index contributed by atoms with van der Waals surface area (Å²) in [5.74, 6) is 0.663. The molecule has 3 heterocycles. The molecule has 0 aliphatic carbocycles. The number of nitrogens with zero attached hydrogens (tertiary/aromatic N) is 3. The zero-order chi connectivity index (χ0) is 14.8. The molecule has 1 N–H and O–H groups in total. The van der Waals surface area contributed by atoms with Crippen LogP contribution in [0.25, 0.3) is 0 Å². The molecule has 0 radical (unpaired) electrons. The first-order valence-corrected chi connectivity index (χ1v) is 7.54. The molecule has 0 saturated carbocycles. The Labute approximate surface area is 125 Å². The summed E-state index contributed by atoms with van der Waals surface area (Å²) in [6.45, 7) is 3.78. The molecule has 0 bridgehead atoms. The van der Waals surface area contributed by atoms with Crippen molar-refractivity contribution in [1.29, 1.82) is 0 Å². The lowest BCUT2D eigenvalue weighted by Gasteiger charge is -2.32. The van der Waals surface area contributed by atoms with Crippen LogP contribution < -0.4 is 0 Å². The Morgan fingerprint density at radius 1 is 1.52 bits per heavy atom. The lowest BCUT2D eigenvalue weighted by Crippen LogP contribution is -2.41. The number of amides is 1. The molecule has 1 fully saturated rings. The largest absolute Gasteiger partial charge is 0.347 e. The molecule has 5 nitrogen and oxygen atoms in total. The Hall–Kier alpha value is -2.04. The molecule has 1 amide bonds. The number of H-pyrrole nitrogens is 1. The van der Waals surface area contributed by atoms with Gasteiger partial charge in [0.25, 0.3) is 5.91 Å². The van der Waals surface area contributed by atoms with E-state index < -0.39 is 0 Å². The summed E-state index contributed by atoms with van der Waals surface area (Å²) < 4.78 is 1.89. The second kappa shape index (κ2) is 5.76. The van der Waals surface area contributed by atoms with E-state index in [4.69, 9.17) is 0 Å². The Morgan fingerprint density at radius 2 is 2.38 bits per heavy atom. The first kappa shape index (κ1) is 13.9. The van der Waals surface area contributed by atoms with Gasteiger partial charge in [0.2, 0.25) is 0 Å². The molecular weight excluding hydrogens is 264 g/mol. The second-order valence-corrected chi connectivity index (χ2v) is 6.00. The summed E-state index contributed by atoms with van der Waals surface area (Å²) >= 11 is 0. The smallest absolute Gasteiger partial charge is 0.270 e. The van der Waals surface area contributed by atoms with Crippen LogP contribution in [0.15, 0.2) is 24.5 Å². The Morgan fingerprint density at radius 3 is 3.05 bits per heavy atom. The number of piperidine rings is 1. The van der Waals surface area contributed by atoms with E-state index in [2.05, 4.69) is 17.1 Å². The van der Waals surface area contributed by atoms with Crippen LogP contribution in [0, 0.1) is 12.8 Å². The minimum absolute atomic E-state index is 0.147. The SMILES string of the molecule is Cc1cn[nH]c1CC1CCCN(C(=O)c2cccn2C)C1. The van der Waals surface area contributed by atoms with Crippen LogP contribution in [0.3, 0.4) is 0 Å². The quantitative estimate of drug-likeness (QED) is 0.940. The summed E-state index contributed by atoms with van der Waals surface area (Å²) in [6.07, 6.45) is 7.01. The number of aromatic nitrogens is 3. The zero-order valence-electron chi connectivity index (χ0n) is 12.7. The second-order valence-electron chi connectivity index (χ2n) is 6.00. The first-order valence-electron chi connectivity index (χ1n) is 7.54. The minimum atomic E-state index is 0.147. The van der Waals surface area contributed by atoms with Crippen molar-refractivity contribution in [3.8, 4) is 0 Å². The van der Waals surface area contributed by atoms with Crippen molar-refractivity contribution in [2.75, 3.05) is 13.1 Å². The lowest BCUT2D eigenvalue weighted by atomic mass is 9.92. The Balaban J connectivity index is 1.67. The summed E-state index contributed by atoms with van der Waals surface area (Å²) in [5.41, 5.74) is 3.18. The topological polar surface area (TPSA) is 53.9 Å². The first-order chi connectivity index (χ1) is 10.1. The fourth-order valence-corrected chi connectivity index (χ4v) is 3.13. The summed E-state index contributed by atoms with van der Waals surface area (Å²) in [5, 5.41) is 7.16. The third-order valence-corrected chi connectivity index (χ3v) is 4.40. The van der Waals surface area contributed by atoms with Gasteiger partial charge in [-0.15, -0.1) is 0 Å². The minimum Gasteiger partial charge on any atom is -0.347 e. The van der Waals surface area contributed by atoms with Gasteiger partial charge in [-0.2, -0.15) is 5.10 Å². The zero-order valence-corrected chi connectivity index (χ0v) is 12.7. The number of hydrogen-bond acceptors (Lipinski definition) is 2. The van der Waals surface area contributed by atoms with E-state index in [0.717, 1.165) is 31.6 Å². The molecule has 1 unspecified atom stereocenters. The van der Waals surface area contributed by atoms with E-state index in [1.54, 1.807) is 0 Å². The molecule has 1 aliphatic rings. The van der Waals surface area contributed by atoms with Crippen molar-refractivity contribution in [1.82, 2.24) is 19.7 Å². The maximum atomic E-state index is 12.6. The number of rotatable bonds is 3. The van der Waals surface area contributed by atoms with Crippen molar-refractivity contribution < 1.29 is 4.79 Å². The average molecular weight is 286 g/mol. The van der Waals surface area contributed by atoms with Gasteiger partial charge in [-0.05, 0) is 49.8 Å². The average Bonchev–Trinajstić information content (AvgIpc) is 3.08. The van der Waals surface area contributed by atoms with E-state index >= 15 is 0 Å². The molecule has 1 saturated heterocycles. The highest BCUT2D eigenvalue weighted by Crippen LogP contribution is 2.22. The molecule has 112 valence electrons.